The second-order valence-corrected chi connectivity index (χ2v) is 3.99. The first-order chi connectivity index (χ1) is 9.15. The highest BCUT2D eigenvalue weighted by atomic mass is 19.1. The molecule has 1 heterocycles. The highest BCUT2D eigenvalue weighted by Gasteiger charge is 2.08. The molecule has 2 rings (SSSR count). The standard InChI is InChI=1S/C14H12F2N2O/c15-11-7-10(8-12(16)9-11)14(19)18-6-4-13-3-1-2-5-17-13/h1-3,5,7-9H,4,6H2,(H,18,19). The lowest BCUT2D eigenvalue weighted by atomic mass is 10.2. The van der Waals surface area contributed by atoms with Crippen LogP contribution in [-0.2, 0) is 6.42 Å². The minimum Gasteiger partial charge on any atom is -0.352 e. The van der Waals surface area contributed by atoms with Crippen LogP contribution in [0.4, 0.5) is 8.78 Å². The summed E-state index contributed by atoms with van der Waals surface area (Å²) in [4.78, 5) is 15.8. The Kier molecular flexibility index (Phi) is 4.18. The molecule has 0 aliphatic heterocycles. The molecule has 0 radical (unpaired) electrons. The highest BCUT2D eigenvalue weighted by Crippen LogP contribution is 2.07. The van der Waals surface area contributed by atoms with Gasteiger partial charge in [-0.3, -0.25) is 9.78 Å². The lowest BCUT2D eigenvalue weighted by Crippen LogP contribution is -2.26. The molecule has 1 aromatic carbocycles. The van der Waals surface area contributed by atoms with E-state index in [-0.39, 0.29) is 5.56 Å². The third-order valence-corrected chi connectivity index (χ3v) is 2.52. The van der Waals surface area contributed by atoms with Gasteiger partial charge in [-0.1, -0.05) is 6.07 Å². The molecule has 98 valence electrons. The number of aromatic nitrogens is 1. The number of pyridine rings is 1. The molecule has 0 saturated heterocycles. The molecule has 0 fully saturated rings. The lowest BCUT2D eigenvalue weighted by Gasteiger charge is -2.05. The zero-order valence-electron chi connectivity index (χ0n) is 10.1. The molecular weight excluding hydrogens is 250 g/mol. The summed E-state index contributed by atoms with van der Waals surface area (Å²) in [6.45, 7) is 0.355. The van der Waals surface area contributed by atoms with Crippen molar-refractivity contribution < 1.29 is 13.6 Å². The molecule has 0 aliphatic carbocycles. The Balaban J connectivity index is 1.91. The van der Waals surface area contributed by atoms with Crippen molar-refractivity contribution in [3.63, 3.8) is 0 Å². The van der Waals surface area contributed by atoms with Crippen LogP contribution in [0.1, 0.15) is 16.1 Å². The number of benzene rings is 1. The van der Waals surface area contributed by atoms with Gasteiger partial charge in [-0.2, -0.15) is 0 Å². The van der Waals surface area contributed by atoms with Gasteiger partial charge in [-0.05, 0) is 24.3 Å². The topological polar surface area (TPSA) is 42.0 Å². The number of halogens is 2. The number of amides is 1. The van der Waals surface area contributed by atoms with Crippen LogP contribution in [0.15, 0.2) is 42.6 Å². The molecular formula is C14H12F2N2O. The molecule has 1 amide bonds. The first-order valence-corrected chi connectivity index (χ1v) is 5.79. The largest absolute Gasteiger partial charge is 0.352 e. The quantitative estimate of drug-likeness (QED) is 0.918. The third-order valence-electron chi connectivity index (χ3n) is 2.52. The minimum absolute atomic E-state index is 0.0291. The van der Waals surface area contributed by atoms with Crippen LogP contribution in [0, 0.1) is 11.6 Å². The van der Waals surface area contributed by atoms with Crippen molar-refractivity contribution in [2.45, 2.75) is 6.42 Å². The Morgan fingerprint density at radius 2 is 1.89 bits per heavy atom. The van der Waals surface area contributed by atoms with Gasteiger partial charge in [0.25, 0.3) is 5.91 Å². The van der Waals surface area contributed by atoms with E-state index in [9.17, 15) is 13.6 Å². The Bertz CT molecular complexity index is 553. The van der Waals surface area contributed by atoms with Crippen molar-refractivity contribution >= 4 is 5.91 Å². The van der Waals surface area contributed by atoms with Crippen molar-refractivity contribution in [2.75, 3.05) is 6.54 Å². The van der Waals surface area contributed by atoms with E-state index in [2.05, 4.69) is 10.3 Å². The van der Waals surface area contributed by atoms with Crippen LogP contribution in [0.3, 0.4) is 0 Å². The fraction of sp³-hybridized carbons (Fsp3) is 0.143. The molecule has 0 aliphatic rings. The Morgan fingerprint density at radius 1 is 1.16 bits per heavy atom. The second-order valence-electron chi connectivity index (χ2n) is 3.99. The van der Waals surface area contributed by atoms with Gasteiger partial charge in [0.05, 0.1) is 0 Å². The molecule has 0 bridgehead atoms. The molecule has 0 unspecified atom stereocenters. The fourth-order valence-electron chi connectivity index (χ4n) is 1.64. The number of rotatable bonds is 4. The van der Waals surface area contributed by atoms with Gasteiger partial charge in [0.1, 0.15) is 11.6 Å². The SMILES string of the molecule is O=C(NCCc1ccccn1)c1cc(F)cc(F)c1. The van der Waals surface area contributed by atoms with Crippen molar-refractivity contribution in [2.24, 2.45) is 0 Å². The van der Waals surface area contributed by atoms with E-state index >= 15 is 0 Å². The molecule has 19 heavy (non-hydrogen) atoms. The molecule has 0 saturated carbocycles. The number of carbonyl (C=O) groups is 1. The van der Waals surface area contributed by atoms with Gasteiger partial charge < -0.3 is 5.32 Å². The van der Waals surface area contributed by atoms with Crippen LogP contribution < -0.4 is 5.32 Å². The van der Waals surface area contributed by atoms with Gasteiger partial charge in [-0.15, -0.1) is 0 Å². The van der Waals surface area contributed by atoms with Crippen LogP contribution in [0.2, 0.25) is 0 Å². The zero-order chi connectivity index (χ0) is 13.7. The van der Waals surface area contributed by atoms with Crippen molar-refractivity contribution in [1.82, 2.24) is 10.3 Å². The average Bonchev–Trinajstić information content (AvgIpc) is 2.38. The van der Waals surface area contributed by atoms with E-state index in [1.165, 1.54) is 0 Å². The molecule has 0 spiro atoms. The van der Waals surface area contributed by atoms with Crippen LogP contribution in [0.5, 0.6) is 0 Å². The average molecular weight is 262 g/mol. The van der Waals surface area contributed by atoms with E-state index in [4.69, 9.17) is 0 Å². The van der Waals surface area contributed by atoms with Crippen molar-refractivity contribution in [1.29, 1.82) is 0 Å². The summed E-state index contributed by atoms with van der Waals surface area (Å²) in [7, 11) is 0. The Morgan fingerprint density at radius 3 is 2.53 bits per heavy atom. The summed E-state index contributed by atoms with van der Waals surface area (Å²) in [5, 5.41) is 2.59. The maximum absolute atomic E-state index is 12.9. The van der Waals surface area contributed by atoms with E-state index in [0.717, 1.165) is 23.9 Å². The van der Waals surface area contributed by atoms with Gasteiger partial charge in [0.2, 0.25) is 0 Å². The number of nitrogens with zero attached hydrogens (tertiary/aromatic N) is 1. The van der Waals surface area contributed by atoms with Gasteiger partial charge in [0.15, 0.2) is 0 Å². The van der Waals surface area contributed by atoms with E-state index in [1.807, 2.05) is 12.1 Å². The monoisotopic (exact) mass is 262 g/mol. The predicted octanol–water partition coefficient (Wildman–Crippen LogP) is 2.33. The minimum atomic E-state index is -0.769. The summed E-state index contributed by atoms with van der Waals surface area (Å²) in [6.07, 6.45) is 2.23. The summed E-state index contributed by atoms with van der Waals surface area (Å²) >= 11 is 0. The first kappa shape index (κ1) is 13.1. The second kappa shape index (κ2) is 6.04. The Hall–Kier alpha value is -2.30. The molecule has 2 aromatic rings. The molecule has 1 aromatic heterocycles. The molecule has 0 atom stereocenters. The number of hydrogen-bond acceptors (Lipinski definition) is 2. The third kappa shape index (κ3) is 3.84. The van der Waals surface area contributed by atoms with Crippen LogP contribution in [-0.4, -0.2) is 17.4 Å². The smallest absolute Gasteiger partial charge is 0.251 e. The number of hydrogen-bond donors (Lipinski definition) is 1. The fourth-order valence-corrected chi connectivity index (χ4v) is 1.64. The summed E-state index contributed by atoms with van der Waals surface area (Å²) < 4.78 is 25.9. The van der Waals surface area contributed by atoms with Crippen molar-refractivity contribution in [3.05, 3.63) is 65.5 Å². The first-order valence-electron chi connectivity index (χ1n) is 5.79. The van der Waals surface area contributed by atoms with E-state index < -0.39 is 17.5 Å². The number of carbonyl (C=O) groups excluding carboxylic acids is 1. The Labute approximate surface area is 109 Å². The zero-order valence-corrected chi connectivity index (χ0v) is 10.1. The van der Waals surface area contributed by atoms with Crippen LogP contribution >= 0.6 is 0 Å². The van der Waals surface area contributed by atoms with Gasteiger partial charge >= 0.3 is 0 Å². The number of nitrogens with one attached hydrogen (secondary N) is 1. The molecule has 1 N–H and O–H groups in total. The van der Waals surface area contributed by atoms with E-state index in [0.29, 0.717) is 13.0 Å². The predicted molar refractivity (Wildman–Crippen MR) is 66.6 cm³/mol. The lowest BCUT2D eigenvalue weighted by molar-refractivity contribution is 0.0953. The van der Waals surface area contributed by atoms with E-state index in [1.54, 1.807) is 12.3 Å². The molecule has 5 heteroatoms. The maximum Gasteiger partial charge on any atom is 0.251 e. The normalized spacial score (nSPS) is 10.2. The maximum atomic E-state index is 12.9. The summed E-state index contributed by atoms with van der Waals surface area (Å²) in [5.74, 6) is -2.04. The highest BCUT2D eigenvalue weighted by molar-refractivity contribution is 5.94. The van der Waals surface area contributed by atoms with Gasteiger partial charge in [-0.25, -0.2) is 8.78 Å². The van der Waals surface area contributed by atoms with Crippen LogP contribution in [0.25, 0.3) is 0 Å². The summed E-state index contributed by atoms with van der Waals surface area (Å²) in [6, 6.07) is 8.22. The summed E-state index contributed by atoms with van der Waals surface area (Å²) in [5.41, 5.74) is 0.812. The van der Waals surface area contributed by atoms with Crippen molar-refractivity contribution in [3.8, 4) is 0 Å². The van der Waals surface area contributed by atoms with Gasteiger partial charge in [0, 0.05) is 36.5 Å². The molecule has 3 nitrogen and oxygen atoms in total.